The van der Waals surface area contributed by atoms with Crippen molar-refractivity contribution in [2.45, 2.75) is 12.5 Å². The lowest BCUT2D eigenvalue weighted by Crippen LogP contribution is -2.47. The second-order valence-electron chi connectivity index (χ2n) is 4.34. The monoisotopic (exact) mass is 273 g/mol. The van der Waals surface area contributed by atoms with E-state index in [0.29, 0.717) is 19.5 Å². The first kappa shape index (κ1) is 15.2. The van der Waals surface area contributed by atoms with Gasteiger partial charge < -0.3 is 25.0 Å². The van der Waals surface area contributed by atoms with Crippen LogP contribution in [0.5, 0.6) is 0 Å². The molecule has 19 heavy (non-hydrogen) atoms. The summed E-state index contributed by atoms with van der Waals surface area (Å²) in [6.45, 7) is 0.948. The number of carbonyl (C=O) groups is 3. The lowest BCUT2D eigenvalue weighted by molar-refractivity contribution is -0.148. The van der Waals surface area contributed by atoms with Crippen molar-refractivity contribution >= 4 is 17.9 Å². The van der Waals surface area contributed by atoms with E-state index < -0.39 is 18.1 Å². The van der Waals surface area contributed by atoms with Gasteiger partial charge in [-0.1, -0.05) is 0 Å². The number of nitrogens with zero attached hydrogens (tertiary/aromatic N) is 2. The number of urea groups is 1. The number of hydrogen-bond acceptors (Lipinski definition) is 4. The predicted molar refractivity (Wildman–Crippen MR) is 65.7 cm³/mol. The van der Waals surface area contributed by atoms with Crippen molar-refractivity contribution in [3.8, 4) is 0 Å². The van der Waals surface area contributed by atoms with Crippen molar-refractivity contribution in [1.29, 1.82) is 0 Å². The first-order valence-corrected chi connectivity index (χ1v) is 5.98. The third-order valence-electron chi connectivity index (χ3n) is 2.96. The Morgan fingerprint density at radius 1 is 1.47 bits per heavy atom. The van der Waals surface area contributed by atoms with Gasteiger partial charge >= 0.3 is 12.0 Å². The van der Waals surface area contributed by atoms with Gasteiger partial charge in [0, 0.05) is 27.2 Å². The molecule has 8 nitrogen and oxygen atoms in total. The van der Waals surface area contributed by atoms with Crippen LogP contribution in [0, 0.1) is 0 Å². The van der Waals surface area contributed by atoms with Crippen LogP contribution in [-0.4, -0.2) is 79.3 Å². The summed E-state index contributed by atoms with van der Waals surface area (Å²) in [5.74, 6) is -1.27. The van der Waals surface area contributed by atoms with Gasteiger partial charge in [0.25, 0.3) is 0 Å². The Hall–Kier alpha value is -1.83. The van der Waals surface area contributed by atoms with Gasteiger partial charge in [0.15, 0.2) is 6.10 Å². The molecule has 1 aliphatic heterocycles. The molecule has 1 saturated heterocycles. The number of ether oxygens (including phenoxy) is 1. The molecule has 1 rings (SSSR count). The van der Waals surface area contributed by atoms with Gasteiger partial charge in [-0.3, -0.25) is 4.79 Å². The minimum atomic E-state index is -1.14. The highest BCUT2D eigenvalue weighted by Gasteiger charge is 2.24. The molecule has 108 valence electrons. The number of aliphatic carboxylic acids is 1. The summed E-state index contributed by atoms with van der Waals surface area (Å²) in [4.78, 5) is 37.1. The molecule has 1 atom stereocenters. The normalized spacial score (nSPS) is 17.9. The Balaban J connectivity index is 2.48. The minimum Gasteiger partial charge on any atom is -0.479 e. The molecule has 0 spiro atoms. The molecule has 8 heteroatoms. The maximum absolute atomic E-state index is 11.8. The number of carboxylic acid groups (broad SMARTS) is 1. The third-order valence-corrected chi connectivity index (χ3v) is 2.96. The van der Waals surface area contributed by atoms with E-state index in [0.717, 1.165) is 0 Å². The van der Waals surface area contributed by atoms with Crippen LogP contribution < -0.4 is 5.32 Å². The number of carbonyl (C=O) groups excluding carboxylic acids is 2. The largest absolute Gasteiger partial charge is 0.479 e. The molecule has 0 aromatic rings. The molecule has 0 aromatic heterocycles. The molecule has 0 radical (unpaired) electrons. The Labute approximate surface area is 111 Å². The molecule has 2 N–H and O–H groups in total. The number of nitrogens with one attached hydrogen (secondary N) is 1. The summed E-state index contributed by atoms with van der Waals surface area (Å²) < 4.78 is 4.70. The first-order chi connectivity index (χ1) is 8.95. The summed E-state index contributed by atoms with van der Waals surface area (Å²) in [6, 6.07) is -0.452. The summed E-state index contributed by atoms with van der Waals surface area (Å²) >= 11 is 0. The SMILES string of the molecule is COC(CNC(=O)N1CCCN(C)C(=O)C1)C(=O)O. The van der Waals surface area contributed by atoms with Crippen LogP contribution in [0.4, 0.5) is 4.79 Å². The van der Waals surface area contributed by atoms with E-state index in [4.69, 9.17) is 9.84 Å². The fraction of sp³-hybridized carbons (Fsp3) is 0.727. The van der Waals surface area contributed by atoms with Gasteiger partial charge in [-0.05, 0) is 6.42 Å². The van der Waals surface area contributed by atoms with E-state index in [1.54, 1.807) is 11.9 Å². The Kier molecular flexibility index (Phi) is 5.56. The zero-order valence-electron chi connectivity index (χ0n) is 11.1. The van der Waals surface area contributed by atoms with Crippen molar-refractivity contribution in [3.05, 3.63) is 0 Å². The fourth-order valence-electron chi connectivity index (χ4n) is 1.72. The van der Waals surface area contributed by atoms with Gasteiger partial charge in [-0.2, -0.15) is 0 Å². The van der Waals surface area contributed by atoms with E-state index >= 15 is 0 Å². The Morgan fingerprint density at radius 2 is 2.16 bits per heavy atom. The van der Waals surface area contributed by atoms with Crippen molar-refractivity contribution in [2.24, 2.45) is 0 Å². The van der Waals surface area contributed by atoms with Crippen LogP contribution in [0.2, 0.25) is 0 Å². The lowest BCUT2D eigenvalue weighted by Gasteiger charge is -2.21. The van der Waals surface area contributed by atoms with Crippen LogP contribution in [0.1, 0.15) is 6.42 Å². The summed E-state index contributed by atoms with van der Waals surface area (Å²) in [5, 5.41) is 11.2. The molecular weight excluding hydrogens is 254 g/mol. The quantitative estimate of drug-likeness (QED) is 0.681. The standard InChI is InChI=1S/C11H19N3O5/c1-13-4-3-5-14(7-9(13)15)11(18)12-6-8(19-2)10(16)17/h8H,3-7H2,1-2H3,(H,12,18)(H,16,17). The maximum atomic E-state index is 11.8. The molecule has 0 bridgehead atoms. The number of likely N-dealkylation sites (N-methyl/N-ethyl adjacent to an activating group) is 1. The predicted octanol–water partition coefficient (Wildman–Crippen LogP) is -1.04. The zero-order chi connectivity index (χ0) is 14.4. The highest BCUT2D eigenvalue weighted by molar-refractivity contribution is 5.84. The average Bonchev–Trinajstić information content (AvgIpc) is 2.52. The molecule has 0 saturated carbocycles. The van der Waals surface area contributed by atoms with Crippen LogP contribution >= 0.6 is 0 Å². The number of carboxylic acids is 1. The Morgan fingerprint density at radius 3 is 2.74 bits per heavy atom. The number of amides is 3. The van der Waals surface area contributed by atoms with Crippen molar-refractivity contribution < 1.29 is 24.2 Å². The number of methoxy groups -OCH3 is 1. The first-order valence-electron chi connectivity index (χ1n) is 5.98. The third kappa shape index (κ3) is 4.40. The second kappa shape index (κ2) is 6.93. The molecular formula is C11H19N3O5. The molecule has 0 aliphatic carbocycles. The fourth-order valence-corrected chi connectivity index (χ4v) is 1.72. The number of rotatable bonds is 4. The van der Waals surface area contributed by atoms with Crippen molar-refractivity contribution in [3.63, 3.8) is 0 Å². The average molecular weight is 273 g/mol. The van der Waals surface area contributed by atoms with E-state index in [1.807, 2.05) is 0 Å². The molecule has 1 heterocycles. The van der Waals surface area contributed by atoms with E-state index in [9.17, 15) is 14.4 Å². The molecule has 1 fully saturated rings. The molecule has 3 amide bonds. The molecule has 0 aromatic carbocycles. The van der Waals surface area contributed by atoms with Crippen molar-refractivity contribution in [1.82, 2.24) is 15.1 Å². The van der Waals surface area contributed by atoms with Crippen LogP contribution in [0.15, 0.2) is 0 Å². The highest BCUT2D eigenvalue weighted by atomic mass is 16.5. The van der Waals surface area contributed by atoms with Crippen LogP contribution in [0.3, 0.4) is 0 Å². The summed E-state index contributed by atoms with van der Waals surface area (Å²) in [6.07, 6.45) is -0.392. The van der Waals surface area contributed by atoms with Gasteiger partial charge in [0.2, 0.25) is 5.91 Å². The lowest BCUT2D eigenvalue weighted by atomic mass is 10.3. The summed E-state index contributed by atoms with van der Waals surface area (Å²) in [5.41, 5.74) is 0. The molecule has 1 aliphatic rings. The van der Waals surface area contributed by atoms with Gasteiger partial charge in [-0.15, -0.1) is 0 Å². The van der Waals surface area contributed by atoms with Crippen molar-refractivity contribution in [2.75, 3.05) is 40.3 Å². The maximum Gasteiger partial charge on any atom is 0.334 e. The van der Waals surface area contributed by atoms with E-state index in [2.05, 4.69) is 5.32 Å². The zero-order valence-corrected chi connectivity index (χ0v) is 11.1. The van der Waals surface area contributed by atoms with Gasteiger partial charge in [-0.25, -0.2) is 9.59 Å². The van der Waals surface area contributed by atoms with Gasteiger partial charge in [0.1, 0.15) is 6.54 Å². The minimum absolute atomic E-state index is 0.00700. The van der Waals surface area contributed by atoms with Crippen LogP contribution in [0.25, 0.3) is 0 Å². The molecule has 1 unspecified atom stereocenters. The highest BCUT2D eigenvalue weighted by Crippen LogP contribution is 2.02. The van der Waals surface area contributed by atoms with Crippen LogP contribution in [-0.2, 0) is 14.3 Å². The summed E-state index contributed by atoms with van der Waals surface area (Å²) in [7, 11) is 2.95. The number of hydrogen-bond donors (Lipinski definition) is 2. The Bertz CT molecular complexity index is 360. The topological polar surface area (TPSA) is 99.2 Å². The van der Waals surface area contributed by atoms with E-state index in [-0.39, 0.29) is 19.0 Å². The smallest absolute Gasteiger partial charge is 0.334 e. The van der Waals surface area contributed by atoms with E-state index in [1.165, 1.54) is 12.0 Å². The second-order valence-corrected chi connectivity index (χ2v) is 4.34. The van der Waals surface area contributed by atoms with Gasteiger partial charge in [0.05, 0.1) is 6.54 Å².